The number of aliphatic hydroxyl groups is 2. The molecule has 0 aliphatic carbocycles. The number of carbonyl (C=O) groups is 1. The SMILES string of the molecule is CCCCCCCCCCCCCCCCCC(=O)OO.OCC(O)COB(O)O. The molecule has 0 aliphatic rings. The van der Waals surface area contributed by atoms with Crippen LogP contribution in [0.15, 0.2) is 0 Å². The summed E-state index contributed by atoms with van der Waals surface area (Å²) in [5.41, 5.74) is 0. The van der Waals surface area contributed by atoms with Crippen LogP contribution in [0.25, 0.3) is 0 Å². The van der Waals surface area contributed by atoms with E-state index in [2.05, 4.69) is 16.5 Å². The van der Waals surface area contributed by atoms with Crippen LogP contribution in [0.4, 0.5) is 0 Å². The Morgan fingerprint density at radius 2 is 1.20 bits per heavy atom. The second kappa shape index (κ2) is 26.3. The Morgan fingerprint density at radius 3 is 1.53 bits per heavy atom. The van der Waals surface area contributed by atoms with E-state index >= 15 is 0 Å². The van der Waals surface area contributed by atoms with Crippen LogP contribution in [0, 0.1) is 0 Å². The van der Waals surface area contributed by atoms with Gasteiger partial charge in [-0.05, 0) is 6.42 Å². The lowest BCUT2D eigenvalue weighted by atomic mass is 10.0. The minimum absolute atomic E-state index is 0.284. The Hall–Kier alpha value is -0.705. The summed E-state index contributed by atoms with van der Waals surface area (Å²) in [5, 5.41) is 40.8. The van der Waals surface area contributed by atoms with Crippen LogP contribution >= 0.6 is 0 Å². The summed E-state index contributed by atoms with van der Waals surface area (Å²) in [6, 6.07) is 0. The van der Waals surface area contributed by atoms with Gasteiger partial charge in [0.25, 0.3) is 0 Å². The highest BCUT2D eigenvalue weighted by atomic mass is 17.1. The molecule has 0 fully saturated rings. The van der Waals surface area contributed by atoms with Crippen LogP contribution < -0.4 is 0 Å². The van der Waals surface area contributed by atoms with Crippen LogP contribution in [0.5, 0.6) is 0 Å². The fourth-order valence-electron chi connectivity index (χ4n) is 2.94. The molecule has 0 aromatic carbocycles. The van der Waals surface area contributed by atoms with Crippen molar-refractivity contribution >= 4 is 13.3 Å². The third-order valence-corrected chi connectivity index (χ3v) is 4.73. The van der Waals surface area contributed by atoms with Gasteiger partial charge < -0.3 is 29.8 Å². The third-order valence-electron chi connectivity index (χ3n) is 4.73. The first-order valence-corrected chi connectivity index (χ1v) is 11.6. The minimum atomic E-state index is -1.88. The highest BCUT2D eigenvalue weighted by molar-refractivity contribution is 6.32. The zero-order valence-corrected chi connectivity index (χ0v) is 18.8. The van der Waals surface area contributed by atoms with Gasteiger partial charge in [-0.3, -0.25) is 0 Å². The van der Waals surface area contributed by atoms with Gasteiger partial charge in [0, 0.05) is 6.42 Å². The predicted octanol–water partition coefficient (Wildman–Crippen LogP) is 3.59. The zero-order valence-electron chi connectivity index (χ0n) is 18.8. The number of hydrogen-bond acceptors (Lipinski definition) is 8. The molecule has 5 N–H and O–H groups in total. The van der Waals surface area contributed by atoms with E-state index < -0.39 is 26.0 Å². The first-order chi connectivity index (χ1) is 14.5. The van der Waals surface area contributed by atoms with Gasteiger partial charge in [-0.1, -0.05) is 96.8 Å². The van der Waals surface area contributed by atoms with E-state index in [1.54, 1.807) is 0 Å². The maximum atomic E-state index is 10.7. The molecular formula is C21H45BO8. The average Bonchev–Trinajstić information content (AvgIpc) is 2.74. The summed E-state index contributed by atoms with van der Waals surface area (Å²) in [6.45, 7) is 1.53. The molecule has 0 bridgehead atoms. The number of hydrogen-bond donors (Lipinski definition) is 5. The Bertz CT molecular complexity index is 345. The maximum absolute atomic E-state index is 10.7. The molecule has 1 atom stereocenters. The average molecular weight is 436 g/mol. The van der Waals surface area contributed by atoms with E-state index in [0.717, 1.165) is 12.8 Å². The Labute approximate surface area is 182 Å². The fourth-order valence-corrected chi connectivity index (χ4v) is 2.94. The van der Waals surface area contributed by atoms with Gasteiger partial charge in [0.1, 0.15) is 0 Å². The van der Waals surface area contributed by atoms with Crippen molar-refractivity contribution in [1.82, 2.24) is 0 Å². The fraction of sp³-hybridized carbons (Fsp3) is 0.952. The van der Waals surface area contributed by atoms with Gasteiger partial charge in [0.05, 0.1) is 19.3 Å². The smallest absolute Gasteiger partial charge is 0.402 e. The molecule has 0 saturated heterocycles. The van der Waals surface area contributed by atoms with Gasteiger partial charge in [0.15, 0.2) is 0 Å². The molecule has 9 heteroatoms. The van der Waals surface area contributed by atoms with Crippen LogP contribution in [0.2, 0.25) is 0 Å². The van der Waals surface area contributed by atoms with Gasteiger partial charge >= 0.3 is 13.3 Å². The molecule has 0 spiro atoms. The van der Waals surface area contributed by atoms with E-state index in [-0.39, 0.29) is 6.61 Å². The number of carbonyl (C=O) groups excluding carboxylic acids is 1. The molecule has 8 nitrogen and oxygen atoms in total. The molecule has 0 aromatic heterocycles. The van der Waals surface area contributed by atoms with Crippen molar-refractivity contribution in [2.24, 2.45) is 0 Å². The van der Waals surface area contributed by atoms with Gasteiger partial charge in [-0.2, -0.15) is 5.26 Å². The summed E-state index contributed by atoms with van der Waals surface area (Å²) in [4.78, 5) is 14.3. The minimum Gasteiger partial charge on any atom is -0.402 e. The second-order valence-electron chi connectivity index (χ2n) is 7.66. The van der Waals surface area contributed by atoms with E-state index in [4.69, 9.17) is 25.5 Å². The van der Waals surface area contributed by atoms with Crippen LogP contribution in [0.1, 0.15) is 110 Å². The summed E-state index contributed by atoms with van der Waals surface area (Å²) in [6.07, 6.45) is 19.0. The van der Waals surface area contributed by atoms with Gasteiger partial charge in [-0.25, -0.2) is 4.79 Å². The van der Waals surface area contributed by atoms with Crippen LogP contribution in [-0.2, 0) is 14.3 Å². The van der Waals surface area contributed by atoms with Crippen molar-refractivity contribution < 1.29 is 39.9 Å². The Balaban J connectivity index is 0. The summed E-state index contributed by atoms with van der Waals surface area (Å²) in [5.74, 6) is -0.510. The highest BCUT2D eigenvalue weighted by Gasteiger charge is 2.10. The topological polar surface area (TPSA) is 137 Å². The first kappa shape index (κ1) is 31.5. The molecule has 0 aromatic rings. The van der Waals surface area contributed by atoms with Gasteiger partial charge in [0.2, 0.25) is 0 Å². The molecular weight excluding hydrogens is 391 g/mol. The third kappa shape index (κ3) is 29.5. The van der Waals surface area contributed by atoms with E-state index in [1.165, 1.54) is 83.5 Å². The van der Waals surface area contributed by atoms with Crippen LogP contribution in [-0.4, -0.2) is 58.1 Å². The molecule has 0 saturated carbocycles. The summed E-state index contributed by atoms with van der Waals surface area (Å²) >= 11 is 0. The molecule has 180 valence electrons. The number of aliphatic hydroxyl groups excluding tert-OH is 2. The second-order valence-corrected chi connectivity index (χ2v) is 7.66. The largest absolute Gasteiger partial charge is 0.633 e. The lowest BCUT2D eigenvalue weighted by Gasteiger charge is -2.05. The maximum Gasteiger partial charge on any atom is 0.633 e. The Morgan fingerprint density at radius 1 is 0.800 bits per heavy atom. The van der Waals surface area contributed by atoms with Gasteiger partial charge in [-0.15, -0.1) is 0 Å². The van der Waals surface area contributed by atoms with Crippen molar-refractivity contribution in [1.29, 1.82) is 0 Å². The monoisotopic (exact) mass is 436 g/mol. The number of rotatable bonds is 20. The molecule has 0 aliphatic heterocycles. The number of unbranched alkanes of at least 4 members (excludes halogenated alkanes) is 14. The van der Waals surface area contributed by atoms with Crippen molar-refractivity contribution in [3.63, 3.8) is 0 Å². The van der Waals surface area contributed by atoms with E-state index in [0.29, 0.717) is 6.42 Å². The Kier molecular flexibility index (Phi) is 27.6. The van der Waals surface area contributed by atoms with Crippen LogP contribution in [0.3, 0.4) is 0 Å². The van der Waals surface area contributed by atoms with E-state index in [9.17, 15) is 4.79 Å². The molecule has 0 heterocycles. The lowest BCUT2D eigenvalue weighted by Crippen LogP contribution is -2.26. The predicted molar refractivity (Wildman–Crippen MR) is 118 cm³/mol. The van der Waals surface area contributed by atoms with Crippen molar-refractivity contribution in [3.05, 3.63) is 0 Å². The zero-order chi connectivity index (χ0) is 22.9. The standard InChI is InChI=1S/C18H36O3.C3H9BO5/c1-2-3-4-5-6-7-8-9-10-11-12-13-14-15-16-17-18(19)21-20;5-1-3(6)2-9-4(7)8/h20H,2-17H2,1H3;3,5-8H,1-2H2. The first-order valence-electron chi connectivity index (χ1n) is 11.6. The van der Waals surface area contributed by atoms with Crippen molar-refractivity contribution in [2.45, 2.75) is 116 Å². The molecule has 0 amide bonds. The lowest BCUT2D eigenvalue weighted by molar-refractivity contribution is -0.234. The van der Waals surface area contributed by atoms with Crippen molar-refractivity contribution in [3.8, 4) is 0 Å². The van der Waals surface area contributed by atoms with E-state index in [1.807, 2.05) is 0 Å². The van der Waals surface area contributed by atoms with Crippen molar-refractivity contribution in [2.75, 3.05) is 13.2 Å². The molecule has 1 unspecified atom stereocenters. The molecule has 0 rings (SSSR count). The summed E-state index contributed by atoms with van der Waals surface area (Å²) < 4.78 is 4.10. The quantitative estimate of drug-likeness (QED) is 0.0845. The molecule has 0 radical (unpaired) electrons. The highest BCUT2D eigenvalue weighted by Crippen LogP contribution is 2.13. The summed E-state index contributed by atoms with van der Waals surface area (Å²) in [7, 11) is -1.88. The normalized spacial score (nSPS) is 11.5. The molecule has 30 heavy (non-hydrogen) atoms.